The topological polar surface area (TPSA) is 24.6 Å². The van der Waals surface area contributed by atoms with Crippen LogP contribution in [0.5, 0.6) is 0 Å². The fraction of sp³-hybridized carbons (Fsp3) is 0.833. The zero-order chi connectivity index (χ0) is 10.0. The summed E-state index contributed by atoms with van der Waals surface area (Å²) in [5.74, 6) is 0.761. The van der Waals surface area contributed by atoms with Gasteiger partial charge in [-0.3, -0.25) is 0 Å². The molecule has 0 bridgehead atoms. The van der Waals surface area contributed by atoms with E-state index >= 15 is 0 Å². The van der Waals surface area contributed by atoms with Gasteiger partial charge in [0.15, 0.2) is 0 Å². The number of epoxide rings is 1. The molecule has 2 heteroatoms. The molecule has 0 aromatic carbocycles. The maximum Gasteiger partial charge on any atom is 0.0822 e. The predicted octanol–water partition coefficient (Wildman–Crippen LogP) is 2.11. The third kappa shape index (κ3) is 2.82. The molecule has 0 radical (unpaired) electrons. The second-order valence-electron chi connectivity index (χ2n) is 4.96. The molecule has 3 unspecified atom stereocenters. The highest BCUT2D eigenvalue weighted by atomic mass is 16.6. The van der Waals surface area contributed by atoms with Gasteiger partial charge >= 0.3 is 0 Å². The summed E-state index contributed by atoms with van der Waals surface area (Å²) in [7, 11) is 0. The standard InChI is InChI=1S/C12H21NO/c1-10-3-6-12(2,7-4-10)13-8-5-11-9-14-11/h3,6,10-11,13H,4-5,7-9H2,1-2H3. The van der Waals surface area contributed by atoms with Crippen LogP contribution in [0.3, 0.4) is 0 Å². The Bertz CT molecular complexity index is 222. The van der Waals surface area contributed by atoms with Crippen LogP contribution in [0.2, 0.25) is 0 Å². The fourth-order valence-corrected chi connectivity index (χ4v) is 1.98. The van der Waals surface area contributed by atoms with E-state index in [-0.39, 0.29) is 5.54 Å². The van der Waals surface area contributed by atoms with Gasteiger partial charge in [0.2, 0.25) is 0 Å². The third-order valence-corrected chi connectivity index (χ3v) is 3.31. The van der Waals surface area contributed by atoms with E-state index in [2.05, 4.69) is 31.3 Å². The van der Waals surface area contributed by atoms with Gasteiger partial charge in [-0.2, -0.15) is 0 Å². The molecule has 2 nitrogen and oxygen atoms in total. The van der Waals surface area contributed by atoms with Crippen molar-refractivity contribution in [3.63, 3.8) is 0 Å². The lowest BCUT2D eigenvalue weighted by Gasteiger charge is -2.32. The van der Waals surface area contributed by atoms with Crippen LogP contribution in [-0.4, -0.2) is 24.8 Å². The lowest BCUT2D eigenvalue weighted by molar-refractivity contribution is 0.338. The molecule has 1 aliphatic heterocycles. The molecule has 0 aromatic heterocycles. The summed E-state index contributed by atoms with van der Waals surface area (Å²) in [5.41, 5.74) is 0.238. The summed E-state index contributed by atoms with van der Waals surface area (Å²) in [6, 6.07) is 0. The Morgan fingerprint density at radius 1 is 1.57 bits per heavy atom. The van der Waals surface area contributed by atoms with E-state index in [4.69, 9.17) is 4.74 Å². The Balaban J connectivity index is 1.74. The molecule has 1 saturated heterocycles. The Hall–Kier alpha value is -0.340. The van der Waals surface area contributed by atoms with Crippen LogP contribution in [-0.2, 0) is 4.74 Å². The zero-order valence-electron chi connectivity index (χ0n) is 9.25. The van der Waals surface area contributed by atoms with Crippen LogP contribution in [0.15, 0.2) is 12.2 Å². The van der Waals surface area contributed by atoms with Gasteiger partial charge in [-0.1, -0.05) is 19.1 Å². The predicted molar refractivity (Wildman–Crippen MR) is 58.3 cm³/mol. The first kappa shape index (κ1) is 10.2. The van der Waals surface area contributed by atoms with E-state index in [1.54, 1.807) is 0 Å². The molecule has 80 valence electrons. The molecule has 2 aliphatic rings. The molecule has 1 aliphatic carbocycles. The number of allylic oxidation sites excluding steroid dienone is 1. The smallest absolute Gasteiger partial charge is 0.0822 e. The maximum atomic E-state index is 5.19. The minimum atomic E-state index is 0.238. The highest BCUT2D eigenvalue weighted by molar-refractivity contribution is 5.09. The van der Waals surface area contributed by atoms with Crippen molar-refractivity contribution < 1.29 is 4.74 Å². The fourth-order valence-electron chi connectivity index (χ4n) is 1.98. The number of ether oxygens (including phenoxy) is 1. The second-order valence-corrected chi connectivity index (χ2v) is 4.96. The molecule has 0 aromatic rings. The van der Waals surface area contributed by atoms with Crippen molar-refractivity contribution in [2.24, 2.45) is 5.92 Å². The van der Waals surface area contributed by atoms with Gasteiger partial charge in [-0.25, -0.2) is 0 Å². The number of hydrogen-bond acceptors (Lipinski definition) is 2. The molecule has 0 amide bonds. The van der Waals surface area contributed by atoms with Crippen molar-refractivity contribution in [1.82, 2.24) is 5.32 Å². The van der Waals surface area contributed by atoms with Gasteiger partial charge in [0.05, 0.1) is 12.7 Å². The second kappa shape index (κ2) is 4.03. The lowest BCUT2D eigenvalue weighted by atomic mass is 9.84. The van der Waals surface area contributed by atoms with Crippen LogP contribution >= 0.6 is 0 Å². The molecule has 1 fully saturated rings. The molecule has 3 atom stereocenters. The molecule has 2 rings (SSSR count). The van der Waals surface area contributed by atoms with Gasteiger partial charge in [-0.15, -0.1) is 0 Å². The van der Waals surface area contributed by atoms with E-state index in [9.17, 15) is 0 Å². The molecule has 14 heavy (non-hydrogen) atoms. The minimum absolute atomic E-state index is 0.238. The van der Waals surface area contributed by atoms with Crippen LogP contribution < -0.4 is 5.32 Å². The van der Waals surface area contributed by atoms with Crippen molar-refractivity contribution in [3.05, 3.63) is 12.2 Å². The van der Waals surface area contributed by atoms with Gasteiger partial charge in [0.25, 0.3) is 0 Å². The van der Waals surface area contributed by atoms with E-state index in [1.165, 1.54) is 19.3 Å². The van der Waals surface area contributed by atoms with E-state index < -0.39 is 0 Å². The summed E-state index contributed by atoms with van der Waals surface area (Å²) in [6.45, 7) is 6.64. The Morgan fingerprint density at radius 2 is 2.36 bits per heavy atom. The lowest BCUT2D eigenvalue weighted by Crippen LogP contribution is -2.43. The Kier molecular flexibility index (Phi) is 2.93. The van der Waals surface area contributed by atoms with Crippen molar-refractivity contribution in [2.75, 3.05) is 13.2 Å². The minimum Gasteiger partial charge on any atom is -0.373 e. The first-order chi connectivity index (χ1) is 6.68. The molecule has 1 heterocycles. The highest BCUT2D eigenvalue weighted by Crippen LogP contribution is 2.25. The van der Waals surface area contributed by atoms with E-state index in [0.29, 0.717) is 6.10 Å². The highest BCUT2D eigenvalue weighted by Gasteiger charge is 2.26. The average Bonchev–Trinajstić information content (AvgIpc) is 2.95. The van der Waals surface area contributed by atoms with Gasteiger partial charge in [0, 0.05) is 5.54 Å². The van der Waals surface area contributed by atoms with Gasteiger partial charge < -0.3 is 10.1 Å². The van der Waals surface area contributed by atoms with Crippen molar-refractivity contribution in [2.45, 2.75) is 44.8 Å². The summed E-state index contributed by atoms with van der Waals surface area (Å²) in [4.78, 5) is 0. The van der Waals surface area contributed by atoms with Crippen molar-refractivity contribution in [3.8, 4) is 0 Å². The van der Waals surface area contributed by atoms with Crippen LogP contribution in [0.1, 0.15) is 33.1 Å². The van der Waals surface area contributed by atoms with Crippen LogP contribution in [0.4, 0.5) is 0 Å². The average molecular weight is 195 g/mol. The molecular formula is C12H21NO. The Labute approximate surface area is 86.7 Å². The normalized spacial score (nSPS) is 41.3. The quantitative estimate of drug-likeness (QED) is 0.549. The molecule has 0 saturated carbocycles. The zero-order valence-corrected chi connectivity index (χ0v) is 9.25. The number of nitrogens with one attached hydrogen (secondary N) is 1. The number of rotatable bonds is 4. The van der Waals surface area contributed by atoms with E-state index in [0.717, 1.165) is 19.1 Å². The van der Waals surface area contributed by atoms with Crippen molar-refractivity contribution >= 4 is 0 Å². The first-order valence-corrected chi connectivity index (χ1v) is 5.74. The first-order valence-electron chi connectivity index (χ1n) is 5.74. The maximum absolute atomic E-state index is 5.19. The van der Waals surface area contributed by atoms with Gasteiger partial charge in [0.1, 0.15) is 0 Å². The van der Waals surface area contributed by atoms with Crippen LogP contribution in [0, 0.1) is 5.92 Å². The third-order valence-electron chi connectivity index (χ3n) is 3.31. The summed E-state index contributed by atoms with van der Waals surface area (Å²) < 4.78 is 5.19. The monoisotopic (exact) mass is 195 g/mol. The Morgan fingerprint density at radius 3 is 2.93 bits per heavy atom. The summed E-state index contributed by atoms with van der Waals surface area (Å²) in [5, 5.41) is 3.62. The van der Waals surface area contributed by atoms with Crippen molar-refractivity contribution in [1.29, 1.82) is 0 Å². The van der Waals surface area contributed by atoms with Gasteiger partial charge in [-0.05, 0) is 38.6 Å². The summed E-state index contributed by atoms with van der Waals surface area (Å²) >= 11 is 0. The largest absolute Gasteiger partial charge is 0.373 e. The SMILES string of the molecule is CC1C=CC(C)(NCCC2CO2)CC1. The molecule has 1 N–H and O–H groups in total. The number of hydrogen-bond donors (Lipinski definition) is 1. The molecular weight excluding hydrogens is 174 g/mol. The summed E-state index contributed by atoms with van der Waals surface area (Å²) in [6.07, 6.45) is 8.96. The van der Waals surface area contributed by atoms with Crippen LogP contribution in [0.25, 0.3) is 0 Å². The van der Waals surface area contributed by atoms with E-state index in [1.807, 2.05) is 0 Å². The molecule has 0 spiro atoms.